The van der Waals surface area contributed by atoms with Gasteiger partial charge in [-0.2, -0.15) is 0 Å². The number of hydrogen-bond donors (Lipinski definition) is 1. The van der Waals surface area contributed by atoms with Crippen LogP contribution in [0.25, 0.3) is 10.9 Å². The maximum absolute atomic E-state index is 12.7. The van der Waals surface area contributed by atoms with Crippen molar-refractivity contribution in [3.63, 3.8) is 0 Å². The lowest BCUT2D eigenvalue weighted by atomic mass is 10.1. The first kappa shape index (κ1) is 14.1. The molecule has 1 aromatic heterocycles. The molecule has 0 spiro atoms. The van der Waals surface area contributed by atoms with Gasteiger partial charge >= 0.3 is 0 Å². The second kappa shape index (κ2) is 5.85. The zero-order valence-corrected chi connectivity index (χ0v) is 12.2. The number of carbonyl (C=O) groups is 1. The highest BCUT2D eigenvalue weighted by molar-refractivity contribution is 6.05. The Kier molecular flexibility index (Phi) is 3.74. The molecule has 110 valence electrons. The molecule has 0 saturated carbocycles. The Morgan fingerprint density at radius 2 is 1.82 bits per heavy atom. The van der Waals surface area contributed by atoms with Crippen molar-refractivity contribution in [2.75, 3.05) is 7.05 Å². The first-order chi connectivity index (χ1) is 10.6. The van der Waals surface area contributed by atoms with Crippen molar-refractivity contribution in [1.29, 1.82) is 0 Å². The number of benzene rings is 2. The highest BCUT2D eigenvalue weighted by Gasteiger charge is 2.15. The smallest absolute Gasteiger partial charge is 0.256 e. The molecule has 3 rings (SSSR count). The van der Waals surface area contributed by atoms with Crippen molar-refractivity contribution in [3.8, 4) is 5.75 Å². The van der Waals surface area contributed by atoms with Crippen LogP contribution in [0.15, 0.2) is 60.8 Å². The number of phenolic OH excluding ortho intramolecular Hbond substituents is 1. The zero-order valence-electron chi connectivity index (χ0n) is 12.2. The van der Waals surface area contributed by atoms with E-state index in [1.54, 1.807) is 48.5 Å². The van der Waals surface area contributed by atoms with Gasteiger partial charge in [-0.05, 0) is 29.8 Å². The molecule has 0 fully saturated rings. The number of aromatic hydroxyl groups is 1. The fraction of sp³-hybridized carbons (Fsp3) is 0.111. The van der Waals surface area contributed by atoms with Gasteiger partial charge in [-0.3, -0.25) is 9.78 Å². The molecule has 0 aliphatic heterocycles. The molecule has 0 aliphatic carbocycles. The number of pyridine rings is 1. The van der Waals surface area contributed by atoms with Gasteiger partial charge in [0.1, 0.15) is 5.75 Å². The molecule has 3 aromatic rings. The normalized spacial score (nSPS) is 10.6. The quantitative estimate of drug-likeness (QED) is 0.806. The minimum atomic E-state index is -0.0719. The first-order valence-electron chi connectivity index (χ1n) is 7.02. The summed E-state index contributed by atoms with van der Waals surface area (Å²) < 4.78 is 0. The Hall–Kier alpha value is -2.88. The van der Waals surface area contributed by atoms with Gasteiger partial charge in [-0.1, -0.05) is 30.3 Å². The van der Waals surface area contributed by atoms with E-state index >= 15 is 0 Å². The van der Waals surface area contributed by atoms with E-state index < -0.39 is 0 Å². The van der Waals surface area contributed by atoms with Gasteiger partial charge in [-0.15, -0.1) is 0 Å². The second-order valence-corrected chi connectivity index (χ2v) is 5.21. The van der Waals surface area contributed by atoms with Crippen molar-refractivity contribution in [2.24, 2.45) is 0 Å². The molecule has 4 nitrogen and oxygen atoms in total. The van der Waals surface area contributed by atoms with Crippen LogP contribution in [0.3, 0.4) is 0 Å². The van der Waals surface area contributed by atoms with E-state index in [2.05, 4.69) is 4.98 Å². The van der Waals surface area contributed by atoms with E-state index in [1.807, 2.05) is 24.3 Å². The van der Waals surface area contributed by atoms with Crippen molar-refractivity contribution >= 4 is 16.8 Å². The molecule has 0 saturated heterocycles. The number of phenols is 1. The molecule has 22 heavy (non-hydrogen) atoms. The van der Waals surface area contributed by atoms with Crippen molar-refractivity contribution in [1.82, 2.24) is 9.88 Å². The Labute approximate surface area is 128 Å². The standard InChI is InChI=1S/C18H16N2O2/c1-20(12-13-7-9-15(21)10-8-13)18(22)16-6-2-4-14-5-3-11-19-17(14)16/h2-11,21H,12H2,1H3. The molecule has 0 atom stereocenters. The summed E-state index contributed by atoms with van der Waals surface area (Å²) >= 11 is 0. The maximum Gasteiger partial charge on any atom is 0.256 e. The van der Waals surface area contributed by atoms with Gasteiger partial charge in [0, 0.05) is 25.2 Å². The fourth-order valence-corrected chi connectivity index (χ4v) is 2.43. The van der Waals surface area contributed by atoms with Crippen LogP contribution in [0.1, 0.15) is 15.9 Å². The topological polar surface area (TPSA) is 53.4 Å². The SMILES string of the molecule is CN(Cc1ccc(O)cc1)C(=O)c1cccc2cccnc12. The summed E-state index contributed by atoms with van der Waals surface area (Å²) in [4.78, 5) is 18.6. The Morgan fingerprint density at radius 1 is 1.09 bits per heavy atom. The molecule has 1 amide bonds. The summed E-state index contributed by atoms with van der Waals surface area (Å²) in [6, 6.07) is 16.3. The van der Waals surface area contributed by atoms with E-state index in [9.17, 15) is 9.90 Å². The number of amides is 1. The summed E-state index contributed by atoms with van der Waals surface area (Å²) in [5, 5.41) is 10.3. The van der Waals surface area contributed by atoms with E-state index in [0.29, 0.717) is 17.6 Å². The number of fused-ring (bicyclic) bond motifs is 1. The lowest BCUT2D eigenvalue weighted by Crippen LogP contribution is -2.26. The molecule has 0 bridgehead atoms. The summed E-state index contributed by atoms with van der Waals surface area (Å²) in [7, 11) is 1.76. The van der Waals surface area contributed by atoms with Gasteiger partial charge in [0.25, 0.3) is 5.91 Å². The van der Waals surface area contributed by atoms with Crippen LogP contribution in [-0.4, -0.2) is 27.9 Å². The molecular formula is C18H16N2O2. The number of aromatic nitrogens is 1. The second-order valence-electron chi connectivity index (χ2n) is 5.21. The molecular weight excluding hydrogens is 276 g/mol. The highest BCUT2D eigenvalue weighted by Crippen LogP contribution is 2.18. The Balaban J connectivity index is 1.87. The predicted molar refractivity (Wildman–Crippen MR) is 85.6 cm³/mol. The molecule has 2 aromatic carbocycles. The number of para-hydroxylation sites is 1. The molecule has 4 heteroatoms. The van der Waals surface area contributed by atoms with Crippen molar-refractivity contribution in [2.45, 2.75) is 6.54 Å². The third kappa shape index (κ3) is 2.76. The number of nitrogens with zero attached hydrogens (tertiary/aromatic N) is 2. The minimum Gasteiger partial charge on any atom is -0.508 e. The highest BCUT2D eigenvalue weighted by atomic mass is 16.3. The van der Waals surface area contributed by atoms with E-state index in [0.717, 1.165) is 10.9 Å². The third-order valence-electron chi connectivity index (χ3n) is 3.57. The Bertz CT molecular complexity index is 807. The van der Waals surface area contributed by atoms with Gasteiger partial charge in [0.05, 0.1) is 11.1 Å². The first-order valence-corrected chi connectivity index (χ1v) is 7.02. The average molecular weight is 292 g/mol. The largest absolute Gasteiger partial charge is 0.508 e. The van der Waals surface area contributed by atoms with Gasteiger partial charge < -0.3 is 10.0 Å². The fourth-order valence-electron chi connectivity index (χ4n) is 2.43. The van der Waals surface area contributed by atoms with Crippen LogP contribution in [0.4, 0.5) is 0 Å². The number of rotatable bonds is 3. The molecule has 0 radical (unpaired) electrons. The summed E-state index contributed by atoms with van der Waals surface area (Å²) in [6.45, 7) is 0.475. The lowest BCUT2D eigenvalue weighted by molar-refractivity contribution is 0.0787. The molecule has 0 unspecified atom stereocenters. The zero-order chi connectivity index (χ0) is 15.5. The van der Waals surface area contributed by atoms with Crippen LogP contribution >= 0.6 is 0 Å². The van der Waals surface area contributed by atoms with Crippen LogP contribution in [0.5, 0.6) is 5.75 Å². The van der Waals surface area contributed by atoms with E-state index in [1.165, 1.54) is 0 Å². The number of carbonyl (C=O) groups excluding carboxylic acids is 1. The van der Waals surface area contributed by atoms with Crippen LogP contribution in [0.2, 0.25) is 0 Å². The van der Waals surface area contributed by atoms with Crippen LogP contribution < -0.4 is 0 Å². The summed E-state index contributed by atoms with van der Waals surface area (Å²) in [6.07, 6.45) is 1.69. The van der Waals surface area contributed by atoms with E-state index in [-0.39, 0.29) is 11.7 Å². The van der Waals surface area contributed by atoms with Crippen molar-refractivity contribution in [3.05, 3.63) is 71.9 Å². The monoisotopic (exact) mass is 292 g/mol. The van der Waals surface area contributed by atoms with Crippen LogP contribution in [-0.2, 0) is 6.54 Å². The van der Waals surface area contributed by atoms with E-state index in [4.69, 9.17) is 0 Å². The third-order valence-corrected chi connectivity index (χ3v) is 3.57. The average Bonchev–Trinajstić information content (AvgIpc) is 2.55. The lowest BCUT2D eigenvalue weighted by Gasteiger charge is -2.18. The molecule has 1 heterocycles. The minimum absolute atomic E-state index is 0.0719. The summed E-state index contributed by atoms with van der Waals surface area (Å²) in [5.74, 6) is 0.147. The maximum atomic E-state index is 12.7. The Morgan fingerprint density at radius 3 is 2.59 bits per heavy atom. The molecule has 0 aliphatic rings. The van der Waals surface area contributed by atoms with Gasteiger partial charge in [-0.25, -0.2) is 0 Å². The summed E-state index contributed by atoms with van der Waals surface area (Å²) in [5.41, 5.74) is 2.27. The van der Waals surface area contributed by atoms with Gasteiger partial charge in [0.15, 0.2) is 0 Å². The van der Waals surface area contributed by atoms with Crippen molar-refractivity contribution < 1.29 is 9.90 Å². The number of hydrogen-bond acceptors (Lipinski definition) is 3. The van der Waals surface area contributed by atoms with Crippen LogP contribution in [0, 0.1) is 0 Å². The molecule has 1 N–H and O–H groups in total. The van der Waals surface area contributed by atoms with Gasteiger partial charge in [0.2, 0.25) is 0 Å². The predicted octanol–water partition coefficient (Wildman–Crippen LogP) is 3.21.